The summed E-state index contributed by atoms with van der Waals surface area (Å²) in [4.78, 5) is 2.58. The minimum Gasteiger partial charge on any atom is -0.383 e. The van der Waals surface area contributed by atoms with E-state index < -0.39 is 0 Å². The molecule has 0 bridgehead atoms. The Balaban J connectivity index is 1.94. The van der Waals surface area contributed by atoms with Crippen molar-refractivity contribution in [3.63, 3.8) is 0 Å². The molecule has 0 radical (unpaired) electrons. The van der Waals surface area contributed by atoms with E-state index >= 15 is 0 Å². The van der Waals surface area contributed by atoms with Crippen LogP contribution in [-0.4, -0.2) is 51.3 Å². The molecule has 0 aromatic heterocycles. The molecular weight excluding hydrogens is 188 g/mol. The molecule has 3 nitrogen and oxygen atoms in total. The Morgan fingerprint density at radius 1 is 1.27 bits per heavy atom. The highest BCUT2D eigenvalue weighted by Crippen LogP contribution is 2.19. The molecule has 0 atom stereocenters. The molecule has 0 unspecified atom stereocenters. The van der Waals surface area contributed by atoms with Crippen LogP contribution in [0.2, 0.25) is 0 Å². The van der Waals surface area contributed by atoms with Gasteiger partial charge in [-0.3, -0.25) is 0 Å². The zero-order chi connectivity index (χ0) is 10.9. The molecule has 0 aromatic rings. The third-order valence-electron chi connectivity index (χ3n) is 3.37. The van der Waals surface area contributed by atoms with E-state index in [0.29, 0.717) is 0 Å². The topological polar surface area (TPSA) is 24.5 Å². The van der Waals surface area contributed by atoms with E-state index in [-0.39, 0.29) is 0 Å². The Labute approximate surface area is 94.2 Å². The Hall–Kier alpha value is -0.120. The summed E-state index contributed by atoms with van der Waals surface area (Å²) in [5.74, 6) is 0.989. The van der Waals surface area contributed by atoms with Crippen LogP contribution in [0.1, 0.15) is 26.2 Å². The summed E-state index contributed by atoms with van der Waals surface area (Å²) in [6.07, 6.45) is 4.16. The Morgan fingerprint density at radius 2 is 2.00 bits per heavy atom. The first-order valence-electron chi connectivity index (χ1n) is 6.28. The van der Waals surface area contributed by atoms with Crippen LogP contribution in [0.5, 0.6) is 0 Å². The van der Waals surface area contributed by atoms with Crippen molar-refractivity contribution in [2.45, 2.75) is 26.2 Å². The quantitative estimate of drug-likeness (QED) is 0.647. The second-order valence-electron chi connectivity index (χ2n) is 4.44. The van der Waals surface area contributed by atoms with E-state index in [0.717, 1.165) is 25.6 Å². The first kappa shape index (κ1) is 12.9. The van der Waals surface area contributed by atoms with Gasteiger partial charge >= 0.3 is 0 Å². The number of piperidine rings is 1. The molecule has 0 aromatic carbocycles. The molecule has 0 aliphatic carbocycles. The van der Waals surface area contributed by atoms with Crippen molar-refractivity contribution in [2.24, 2.45) is 5.92 Å². The Morgan fingerprint density at radius 3 is 2.60 bits per heavy atom. The fourth-order valence-corrected chi connectivity index (χ4v) is 2.15. The summed E-state index contributed by atoms with van der Waals surface area (Å²) < 4.78 is 4.99. The molecule has 1 heterocycles. The van der Waals surface area contributed by atoms with E-state index in [1.807, 2.05) is 0 Å². The minimum absolute atomic E-state index is 0.817. The van der Waals surface area contributed by atoms with Gasteiger partial charge < -0.3 is 15.0 Å². The lowest BCUT2D eigenvalue weighted by atomic mass is 9.94. The molecule has 1 rings (SSSR count). The van der Waals surface area contributed by atoms with Gasteiger partial charge in [0.15, 0.2) is 0 Å². The van der Waals surface area contributed by atoms with E-state index in [1.165, 1.54) is 38.9 Å². The summed E-state index contributed by atoms with van der Waals surface area (Å²) in [5.41, 5.74) is 0. The standard InChI is InChI=1S/C12H26N2O/c1-3-12-4-8-14(9-5-12)10-6-13-7-11-15-2/h12-13H,3-11H2,1-2H3. The van der Waals surface area contributed by atoms with Gasteiger partial charge in [0.05, 0.1) is 6.61 Å². The van der Waals surface area contributed by atoms with E-state index in [9.17, 15) is 0 Å². The van der Waals surface area contributed by atoms with Crippen LogP contribution in [0.15, 0.2) is 0 Å². The van der Waals surface area contributed by atoms with Gasteiger partial charge in [0.25, 0.3) is 0 Å². The fraction of sp³-hybridized carbons (Fsp3) is 1.00. The number of nitrogens with one attached hydrogen (secondary N) is 1. The van der Waals surface area contributed by atoms with Crippen molar-refractivity contribution in [2.75, 3.05) is 46.4 Å². The molecule has 1 aliphatic heterocycles. The predicted octanol–water partition coefficient (Wildman–Crippen LogP) is 1.34. The molecule has 0 spiro atoms. The maximum absolute atomic E-state index is 4.99. The van der Waals surface area contributed by atoms with Gasteiger partial charge in [-0.2, -0.15) is 0 Å². The van der Waals surface area contributed by atoms with Gasteiger partial charge in [-0.25, -0.2) is 0 Å². The Kier molecular flexibility index (Phi) is 6.98. The van der Waals surface area contributed by atoms with Gasteiger partial charge in [-0.1, -0.05) is 13.3 Å². The SMILES string of the molecule is CCC1CCN(CCNCCOC)CC1. The first-order chi connectivity index (χ1) is 7.36. The molecule has 1 saturated heterocycles. The lowest BCUT2D eigenvalue weighted by Crippen LogP contribution is -2.38. The van der Waals surface area contributed by atoms with Crippen LogP contribution in [0.4, 0.5) is 0 Å². The van der Waals surface area contributed by atoms with Crippen LogP contribution >= 0.6 is 0 Å². The second-order valence-corrected chi connectivity index (χ2v) is 4.44. The van der Waals surface area contributed by atoms with Crippen LogP contribution < -0.4 is 5.32 Å². The molecule has 3 heteroatoms. The van der Waals surface area contributed by atoms with Crippen LogP contribution in [0, 0.1) is 5.92 Å². The van der Waals surface area contributed by atoms with E-state index in [2.05, 4.69) is 17.1 Å². The largest absolute Gasteiger partial charge is 0.383 e. The normalized spacial score (nSPS) is 19.6. The smallest absolute Gasteiger partial charge is 0.0587 e. The molecule has 15 heavy (non-hydrogen) atoms. The summed E-state index contributed by atoms with van der Waals surface area (Å²) in [5, 5.41) is 3.39. The monoisotopic (exact) mass is 214 g/mol. The second kappa shape index (κ2) is 8.08. The average Bonchev–Trinajstić information content (AvgIpc) is 2.30. The van der Waals surface area contributed by atoms with Crippen molar-refractivity contribution in [1.82, 2.24) is 10.2 Å². The van der Waals surface area contributed by atoms with Gasteiger partial charge in [0, 0.05) is 26.7 Å². The number of methoxy groups -OCH3 is 1. The van der Waals surface area contributed by atoms with E-state index in [4.69, 9.17) is 4.74 Å². The fourth-order valence-electron chi connectivity index (χ4n) is 2.15. The summed E-state index contributed by atoms with van der Waals surface area (Å²) >= 11 is 0. The minimum atomic E-state index is 0.817. The Bertz CT molecular complexity index is 145. The van der Waals surface area contributed by atoms with Gasteiger partial charge in [0.1, 0.15) is 0 Å². The van der Waals surface area contributed by atoms with Crippen LogP contribution in [0.25, 0.3) is 0 Å². The number of hydrogen-bond donors (Lipinski definition) is 1. The molecular formula is C12H26N2O. The highest BCUT2D eigenvalue weighted by atomic mass is 16.5. The zero-order valence-electron chi connectivity index (χ0n) is 10.3. The van der Waals surface area contributed by atoms with Crippen molar-refractivity contribution in [1.29, 1.82) is 0 Å². The highest BCUT2D eigenvalue weighted by Gasteiger charge is 2.16. The van der Waals surface area contributed by atoms with E-state index in [1.54, 1.807) is 7.11 Å². The molecule has 0 amide bonds. The van der Waals surface area contributed by atoms with Crippen molar-refractivity contribution in [3.05, 3.63) is 0 Å². The number of nitrogens with zero attached hydrogens (tertiary/aromatic N) is 1. The van der Waals surface area contributed by atoms with Gasteiger partial charge in [0.2, 0.25) is 0 Å². The summed E-state index contributed by atoms with van der Waals surface area (Å²) in [7, 11) is 1.75. The molecule has 1 fully saturated rings. The molecule has 90 valence electrons. The van der Waals surface area contributed by atoms with Crippen LogP contribution in [-0.2, 0) is 4.74 Å². The lowest BCUT2D eigenvalue weighted by Gasteiger charge is -2.31. The number of hydrogen-bond acceptors (Lipinski definition) is 3. The van der Waals surface area contributed by atoms with Gasteiger partial charge in [-0.05, 0) is 31.8 Å². The maximum Gasteiger partial charge on any atom is 0.0587 e. The molecule has 1 N–H and O–H groups in total. The number of ether oxygens (including phenoxy) is 1. The average molecular weight is 214 g/mol. The molecule has 1 aliphatic rings. The number of likely N-dealkylation sites (tertiary alicyclic amines) is 1. The predicted molar refractivity (Wildman–Crippen MR) is 64.2 cm³/mol. The van der Waals surface area contributed by atoms with Crippen LogP contribution in [0.3, 0.4) is 0 Å². The summed E-state index contributed by atoms with van der Waals surface area (Å²) in [6.45, 7) is 8.99. The highest BCUT2D eigenvalue weighted by molar-refractivity contribution is 4.71. The zero-order valence-corrected chi connectivity index (χ0v) is 10.3. The third kappa shape index (κ3) is 5.50. The van der Waals surface area contributed by atoms with Crippen molar-refractivity contribution < 1.29 is 4.74 Å². The van der Waals surface area contributed by atoms with Crippen molar-refractivity contribution in [3.8, 4) is 0 Å². The van der Waals surface area contributed by atoms with Crippen molar-refractivity contribution >= 4 is 0 Å². The maximum atomic E-state index is 4.99. The summed E-state index contributed by atoms with van der Waals surface area (Å²) in [6, 6.07) is 0. The number of rotatable bonds is 7. The molecule has 0 saturated carbocycles. The third-order valence-corrected chi connectivity index (χ3v) is 3.37. The van der Waals surface area contributed by atoms with Gasteiger partial charge in [-0.15, -0.1) is 0 Å². The lowest BCUT2D eigenvalue weighted by molar-refractivity contribution is 0.175. The first-order valence-corrected chi connectivity index (χ1v) is 6.28.